The van der Waals surface area contributed by atoms with Gasteiger partial charge in [0.1, 0.15) is 124 Å². The first-order chi connectivity index (χ1) is 61.4. The van der Waals surface area contributed by atoms with Gasteiger partial charge in [-0.05, 0) is 0 Å². The zero-order valence-corrected chi connectivity index (χ0v) is 71.5. The highest BCUT2D eigenvalue weighted by molar-refractivity contribution is 5.87. The SMILES string of the molecule is C=CC(=O)OCC(CO)(COC(=O)C=C)COC(=O)C=C.C=CC(=O)OCC(CO)(COCC(COC(=O)C=C)(COC(=O)C=C)COC(=O)C=C)COC(=O)C=C.C=CC(=O)OCC(COC(=O)C=C)(COC(=O)C=C)COC(=O)CCC(=O)O.C=CC(=O)OCC(COCC(COC(=O)C=C)(COC(=O)C=C)COC(=O)CCC(=O)O)(COC(=O)C=C)COC(=O)C=C. The minimum Gasteiger partial charge on any atom is -0.481 e. The summed E-state index contributed by atoms with van der Waals surface area (Å²) < 4.78 is 102. The van der Waals surface area contributed by atoms with Crippen LogP contribution in [0.25, 0.3) is 0 Å². The molecule has 0 aliphatic carbocycles. The zero-order valence-electron chi connectivity index (χ0n) is 71.5. The highest BCUT2D eigenvalue weighted by Gasteiger charge is 2.44. The van der Waals surface area contributed by atoms with Crippen LogP contribution >= 0.6 is 0 Å². The first-order valence-electron chi connectivity index (χ1n) is 37.2. The van der Waals surface area contributed by atoms with Crippen LogP contribution in [0.2, 0.25) is 0 Å². The summed E-state index contributed by atoms with van der Waals surface area (Å²) in [5.74, 6) is -17.3. The molecule has 0 saturated heterocycles. The molecule has 0 spiro atoms. The third-order valence-electron chi connectivity index (χ3n) is 15.5. The quantitative estimate of drug-likeness (QED) is 0.0386. The molecule has 0 bridgehead atoms. The van der Waals surface area contributed by atoms with E-state index >= 15 is 0 Å². The maximum Gasteiger partial charge on any atom is 0.330 e. The van der Waals surface area contributed by atoms with Gasteiger partial charge in [-0.3, -0.25) is 19.2 Å². The van der Waals surface area contributed by atoms with E-state index in [4.69, 9.17) is 105 Å². The fraction of sp³-hybridized carbons (Fsp3) is 0.395. The fourth-order valence-corrected chi connectivity index (χ4v) is 8.05. The molecule has 0 amide bonds. The van der Waals surface area contributed by atoms with Crippen molar-refractivity contribution in [3.8, 4) is 0 Å². The zero-order chi connectivity index (χ0) is 99.8. The Bertz CT molecular complexity index is 3730. The number of aliphatic hydroxyl groups is 2. The predicted octanol–water partition coefficient (Wildman–Crippen LogP) is 2.37. The monoisotopic (exact) mass is 1840 g/mol. The summed E-state index contributed by atoms with van der Waals surface area (Å²) >= 11 is 0. The summed E-state index contributed by atoms with van der Waals surface area (Å²) in [5, 5.41) is 37.0. The van der Waals surface area contributed by atoms with E-state index in [2.05, 4.69) is 105 Å². The number of carbonyl (C=O) groups excluding carboxylic acids is 18. The number of aliphatic hydroxyl groups excluding tert-OH is 2. The second-order valence-corrected chi connectivity index (χ2v) is 26.4. The Morgan fingerprint density at radius 3 is 0.400 bits per heavy atom. The molecule has 0 atom stereocenters. The van der Waals surface area contributed by atoms with Crippen molar-refractivity contribution in [2.75, 3.05) is 159 Å². The van der Waals surface area contributed by atoms with Crippen LogP contribution in [0.15, 0.2) is 202 Å². The number of hydrogen-bond acceptors (Lipinski definition) is 42. The molecule has 0 aliphatic rings. The Kier molecular flexibility index (Phi) is 64.7. The van der Waals surface area contributed by atoms with Crippen LogP contribution in [0.5, 0.6) is 0 Å². The molecule has 716 valence electrons. The molecule has 0 aromatic rings. The van der Waals surface area contributed by atoms with Crippen molar-refractivity contribution < 1.29 is 211 Å². The topological polar surface area (TPSA) is 607 Å². The summed E-state index contributed by atoms with van der Waals surface area (Å²) in [6.45, 7) is 41.0. The minimum atomic E-state index is -1.60. The Labute approximate surface area is 746 Å². The van der Waals surface area contributed by atoms with Crippen molar-refractivity contribution in [2.24, 2.45) is 32.5 Å². The van der Waals surface area contributed by atoms with Crippen molar-refractivity contribution in [2.45, 2.75) is 25.7 Å². The highest BCUT2D eigenvalue weighted by atomic mass is 16.6. The van der Waals surface area contributed by atoms with E-state index in [0.717, 1.165) is 97.2 Å². The average Bonchev–Trinajstić information content (AvgIpc) is 0.819. The van der Waals surface area contributed by atoms with Gasteiger partial charge in [-0.2, -0.15) is 0 Å². The second kappa shape index (κ2) is 69.3. The number of carboxylic acids is 2. The summed E-state index contributed by atoms with van der Waals surface area (Å²) in [7, 11) is 0. The van der Waals surface area contributed by atoms with Gasteiger partial charge >= 0.3 is 119 Å². The molecular formula is C86H108O44. The van der Waals surface area contributed by atoms with Gasteiger partial charge in [-0.1, -0.05) is 105 Å². The summed E-state index contributed by atoms with van der Waals surface area (Å²) in [5.41, 5.74) is -8.75. The van der Waals surface area contributed by atoms with E-state index < -0.39 is 303 Å². The molecule has 0 fully saturated rings. The van der Waals surface area contributed by atoms with Crippen LogP contribution in [-0.4, -0.2) is 298 Å². The average molecular weight is 1850 g/mol. The number of esters is 18. The lowest BCUT2D eigenvalue weighted by atomic mass is 9.90. The molecule has 0 aliphatic heterocycles. The van der Waals surface area contributed by atoms with Gasteiger partial charge in [-0.15, -0.1) is 0 Å². The van der Waals surface area contributed by atoms with Crippen LogP contribution in [0.3, 0.4) is 0 Å². The predicted molar refractivity (Wildman–Crippen MR) is 445 cm³/mol. The number of hydrogen-bond donors (Lipinski definition) is 4. The van der Waals surface area contributed by atoms with E-state index in [1.54, 1.807) is 0 Å². The molecule has 130 heavy (non-hydrogen) atoms. The molecular weight excluding hydrogens is 1740 g/mol. The lowest BCUT2D eigenvalue weighted by Gasteiger charge is -2.35. The molecule has 0 aromatic heterocycles. The summed E-state index contributed by atoms with van der Waals surface area (Å²) in [4.78, 5) is 230. The Morgan fingerprint density at radius 2 is 0.277 bits per heavy atom. The molecule has 0 unspecified atom stereocenters. The molecule has 0 rings (SSSR count). The van der Waals surface area contributed by atoms with Crippen molar-refractivity contribution in [1.29, 1.82) is 0 Å². The molecule has 0 saturated carbocycles. The number of ether oxygens (including phenoxy) is 20. The Balaban J connectivity index is -0.000000841. The molecule has 44 nitrogen and oxygen atoms in total. The standard InChI is InChI=1S/C29H36O15.C25H32O12.C18H22O10.C14H18O7/c1-6-22(32)39-15-28(16-40-23(33)7-2,17-41-24(34)8-3)13-38-14-29(18-42-25(35)9-4,19-43-26(36)10-5)20-44-27(37)12-11-21(30)31;1-6-19(27)33-14-24(11-26,15-34-20(28)7-2)12-32-13-25(16-35-21(29)8-3,17-36-22(30)9-4)18-37-23(31)10-5;1-4-14(21)25-9-18(10-26-15(22)5-2,11-27-16(23)6-3)12-28-17(24)8-7-13(19)20;1-4-11(16)19-8-14(7-15,9-20-12(17)5-2)10-21-13(18)6-3/h6-10H,1-5,11-20H2,(H,30,31);6-10,26H,1-5,11-18H2;4-6H,1-3,7-12H2,(H,19,20);4-6,15H,1-3,7-10H2. The van der Waals surface area contributed by atoms with Gasteiger partial charge < -0.3 is 115 Å². The van der Waals surface area contributed by atoms with Crippen molar-refractivity contribution in [3.05, 3.63) is 202 Å². The first-order valence-corrected chi connectivity index (χ1v) is 37.2. The highest BCUT2D eigenvalue weighted by Crippen LogP contribution is 2.30. The van der Waals surface area contributed by atoms with Crippen LogP contribution < -0.4 is 0 Å². The van der Waals surface area contributed by atoms with E-state index in [9.17, 15) is 106 Å². The van der Waals surface area contributed by atoms with Gasteiger partial charge in [0.2, 0.25) is 0 Å². The van der Waals surface area contributed by atoms with E-state index in [0.29, 0.717) is 0 Å². The van der Waals surface area contributed by atoms with E-state index in [-0.39, 0.29) is 33.0 Å². The second-order valence-electron chi connectivity index (χ2n) is 26.4. The number of carboxylic acid groups (broad SMARTS) is 2. The number of rotatable bonds is 68. The third-order valence-corrected chi connectivity index (χ3v) is 15.5. The van der Waals surface area contributed by atoms with Gasteiger partial charge in [0.25, 0.3) is 0 Å². The Morgan fingerprint density at radius 1 is 0.169 bits per heavy atom. The van der Waals surface area contributed by atoms with Gasteiger partial charge in [0.15, 0.2) is 0 Å². The maximum atomic E-state index is 12.2. The summed E-state index contributed by atoms with van der Waals surface area (Å²) in [6.07, 6.45) is 12.4. The van der Waals surface area contributed by atoms with Gasteiger partial charge in [0, 0.05) is 97.2 Å². The lowest BCUT2D eigenvalue weighted by Crippen LogP contribution is -2.47. The van der Waals surface area contributed by atoms with Crippen LogP contribution in [-0.2, 0) is 191 Å². The normalized spacial score (nSPS) is 10.5. The van der Waals surface area contributed by atoms with Crippen molar-refractivity contribution in [1.82, 2.24) is 0 Å². The van der Waals surface area contributed by atoms with Crippen molar-refractivity contribution in [3.63, 3.8) is 0 Å². The number of aliphatic carboxylic acids is 2. The Hall–Kier alpha value is -14.9. The molecule has 0 aromatic carbocycles. The minimum absolute atomic E-state index is 0.330. The van der Waals surface area contributed by atoms with Gasteiger partial charge in [-0.25, -0.2) is 76.7 Å². The maximum absolute atomic E-state index is 12.2. The molecule has 0 radical (unpaired) electrons. The largest absolute Gasteiger partial charge is 0.481 e. The van der Waals surface area contributed by atoms with Crippen LogP contribution in [0.4, 0.5) is 0 Å². The van der Waals surface area contributed by atoms with Crippen molar-refractivity contribution >= 4 is 119 Å². The summed E-state index contributed by atoms with van der Waals surface area (Å²) in [6, 6.07) is 0. The third kappa shape index (κ3) is 57.6. The lowest BCUT2D eigenvalue weighted by molar-refractivity contribution is -0.173. The van der Waals surface area contributed by atoms with E-state index in [1.807, 2.05) is 0 Å². The van der Waals surface area contributed by atoms with Crippen LogP contribution in [0.1, 0.15) is 25.7 Å². The molecule has 44 heteroatoms. The van der Waals surface area contributed by atoms with Crippen LogP contribution in [0, 0.1) is 32.5 Å². The fourth-order valence-electron chi connectivity index (χ4n) is 8.05. The van der Waals surface area contributed by atoms with E-state index in [1.165, 1.54) is 0 Å². The smallest absolute Gasteiger partial charge is 0.330 e. The van der Waals surface area contributed by atoms with Gasteiger partial charge in [0.05, 0.1) is 92.4 Å². The molecule has 4 N–H and O–H groups in total. The molecule has 0 heterocycles. The first kappa shape index (κ1) is 121. The number of carbonyl (C=O) groups is 20.